The Balaban J connectivity index is 2.32. The molecule has 0 radical (unpaired) electrons. The van der Waals surface area contributed by atoms with Crippen molar-refractivity contribution in [2.24, 2.45) is 0 Å². The van der Waals surface area contributed by atoms with Crippen LogP contribution in [0.2, 0.25) is 0 Å². The molecule has 2 heteroatoms. The molecule has 1 heterocycles. The zero-order chi connectivity index (χ0) is 5.11. The van der Waals surface area contributed by atoms with Gasteiger partial charge in [-0.1, -0.05) is 0 Å². The molecule has 40 valence electrons. The topological polar surface area (TPSA) is 24.1 Å². The minimum atomic E-state index is 0.588. The van der Waals surface area contributed by atoms with E-state index < -0.39 is 0 Å². The highest BCUT2D eigenvalue weighted by Gasteiger charge is 1.97. The molecule has 0 saturated carbocycles. The fourth-order valence-electron chi connectivity index (χ4n) is 0.575. The summed E-state index contributed by atoms with van der Waals surface area (Å²) in [6.45, 7) is 3.17. The second-order valence-corrected chi connectivity index (χ2v) is 1.81. The van der Waals surface area contributed by atoms with E-state index in [2.05, 4.69) is 17.6 Å². The number of hydrogen-bond donors (Lipinski definition) is 2. The van der Waals surface area contributed by atoms with E-state index >= 15 is 0 Å². The van der Waals surface area contributed by atoms with Crippen LogP contribution in [0.15, 0.2) is 12.4 Å². The molecule has 2 N–H and O–H groups in total. The zero-order valence-electron chi connectivity index (χ0n) is 4.44. The van der Waals surface area contributed by atoms with Crippen LogP contribution in [0.3, 0.4) is 0 Å². The highest BCUT2D eigenvalue weighted by atomic mass is 15.0. The highest BCUT2D eigenvalue weighted by molar-refractivity contribution is 4.86. The Morgan fingerprint density at radius 1 is 1.57 bits per heavy atom. The Labute approximate surface area is 43.6 Å². The molecule has 1 aliphatic rings. The van der Waals surface area contributed by atoms with Crippen LogP contribution in [-0.4, -0.2) is 12.6 Å². The van der Waals surface area contributed by atoms with Crippen molar-refractivity contribution in [3.05, 3.63) is 12.4 Å². The van der Waals surface area contributed by atoms with Crippen LogP contribution in [0.1, 0.15) is 6.92 Å². The molecule has 1 atom stereocenters. The Bertz CT molecular complexity index is 78.1. The summed E-state index contributed by atoms with van der Waals surface area (Å²) >= 11 is 0. The fraction of sp³-hybridized carbons (Fsp3) is 0.600. The van der Waals surface area contributed by atoms with Gasteiger partial charge in [0.15, 0.2) is 0 Å². The molecule has 0 aromatic carbocycles. The lowest BCUT2D eigenvalue weighted by Crippen LogP contribution is -2.35. The normalized spacial score (nSPS) is 28.4. The minimum absolute atomic E-state index is 0.588. The van der Waals surface area contributed by atoms with Gasteiger partial charge in [0.25, 0.3) is 0 Å². The summed E-state index contributed by atoms with van der Waals surface area (Å²) in [5.74, 6) is 0. The van der Waals surface area contributed by atoms with Gasteiger partial charge in [-0.25, -0.2) is 0 Å². The molecule has 0 aromatic heterocycles. The van der Waals surface area contributed by atoms with E-state index in [0.29, 0.717) is 6.04 Å². The third kappa shape index (κ3) is 1.11. The van der Waals surface area contributed by atoms with Gasteiger partial charge in [0.05, 0.1) is 0 Å². The highest BCUT2D eigenvalue weighted by Crippen LogP contribution is 1.82. The molecule has 0 spiro atoms. The van der Waals surface area contributed by atoms with Crippen molar-refractivity contribution in [3.8, 4) is 0 Å². The molecule has 1 rings (SSSR count). The molecule has 0 aromatic rings. The van der Waals surface area contributed by atoms with Gasteiger partial charge in [0.1, 0.15) is 0 Å². The van der Waals surface area contributed by atoms with Crippen LogP contribution in [0.4, 0.5) is 0 Å². The lowest BCUT2D eigenvalue weighted by atomic mass is 10.3. The monoisotopic (exact) mass is 98.1 g/mol. The molecule has 7 heavy (non-hydrogen) atoms. The number of rotatable bonds is 0. The molecule has 0 fully saturated rings. The van der Waals surface area contributed by atoms with Crippen molar-refractivity contribution in [2.75, 3.05) is 6.54 Å². The average Bonchev–Trinajstić information content (AvgIpc) is 1.69. The predicted octanol–water partition coefficient (Wildman–Crippen LogP) is 0.0389. The van der Waals surface area contributed by atoms with Gasteiger partial charge in [-0.3, -0.25) is 0 Å². The van der Waals surface area contributed by atoms with E-state index in [-0.39, 0.29) is 0 Å². The zero-order valence-corrected chi connectivity index (χ0v) is 4.44. The first kappa shape index (κ1) is 4.50. The smallest absolute Gasteiger partial charge is 0.0400 e. The second-order valence-electron chi connectivity index (χ2n) is 1.81. The summed E-state index contributed by atoms with van der Waals surface area (Å²) in [6, 6.07) is 0.588. The average molecular weight is 98.1 g/mol. The van der Waals surface area contributed by atoms with Crippen LogP contribution < -0.4 is 10.6 Å². The minimum Gasteiger partial charge on any atom is -0.388 e. The molecule has 0 aliphatic carbocycles. The standard InChI is InChI=1S/C5H10N2/c1-5-4-6-2-3-7-5/h2-3,5-7H,4H2,1H3/t5-/m0/s1. The Kier molecular flexibility index (Phi) is 1.20. The van der Waals surface area contributed by atoms with Gasteiger partial charge < -0.3 is 10.6 Å². The molecule has 0 bridgehead atoms. The second kappa shape index (κ2) is 1.87. The van der Waals surface area contributed by atoms with Gasteiger partial charge >= 0.3 is 0 Å². The first-order valence-electron chi connectivity index (χ1n) is 2.54. The molecule has 0 saturated heterocycles. The van der Waals surface area contributed by atoms with Crippen molar-refractivity contribution < 1.29 is 0 Å². The largest absolute Gasteiger partial charge is 0.388 e. The van der Waals surface area contributed by atoms with Crippen molar-refractivity contribution in [3.63, 3.8) is 0 Å². The molecule has 0 unspecified atom stereocenters. The molecular weight excluding hydrogens is 88.1 g/mol. The Morgan fingerprint density at radius 3 is 2.71 bits per heavy atom. The summed E-state index contributed by atoms with van der Waals surface area (Å²) in [4.78, 5) is 0. The number of nitrogens with one attached hydrogen (secondary N) is 2. The van der Waals surface area contributed by atoms with Gasteiger partial charge in [-0.15, -0.1) is 0 Å². The van der Waals surface area contributed by atoms with Crippen LogP contribution in [0.25, 0.3) is 0 Å². The van der Waals surface area contributed by atoms with E-state index in [4.69, 9.17) is 0 Å². The quantitative estimate of drug-likeness (QED) is 0.447. The fourth-order valence-corrected chi connectivity index (χ4v) is 0.575. The van der Waals surface area contributed by atoms with Gasteiger partial charge in [-0.05, 0) is 6.92 Å². The summed E-state index contributed by atoms with van der Waals surface area (Å²) < 4.78 is 0. The van der Waals surface area contributed by atoms with E-state index in [9.17, 15) is 0 Å². The molecule has 1 aliphatic heterocycles. The third-order valence-electron chi connectivity index (χ3n) is 1.01. The van der Waals surface area contributed by atoms with E-state index in [0.717, 1.165) is 6.54 Å². The molecular formula is C5H10N2. The van der Waals surface area contributed by atoms with Crippen molar-refractivity contribution >= 4 is 0 Å². The maximum Gasteiger partial charge on any atom is 0.0400 e. The van der Waals surface area contributed by atoms with E-state index in [1.807, 2.05) is 12.4 Å². The first-order chi connectivity index (χ1) is 3.39. The van der Waals surface area contributed by atoms with Crippen molar-refractivity contribution in [2.45, 2.75) is 13.0 Å². The van der Waals surface area contributed by atoms with Gasteiger partial charge in [-0.2, -0.15) is 0 Å². The van der Waals surface area contributed by atoms with Crippen molar-refractivity contribution in [1.82, 2.24) is 10.6 Å². The first-order valence-corrected chi connectivity index (χ1v) is 2.54. The Hall–Kier alpha value is -0.660. The summed E-state index contributed by atoms with van der Waals surface area (Å²) in [6.07, 6.45) is 3.84. The summed E-state index contributed by atoms with van der Waals surface area (Å²) in [7, 11) is 0. The predicted molar refractivity (Wildman–Crippen MR) is 29.7 cm³/mol. The maximum atomic E-state index is 3.14. The van der Waals surface area contributed by atoms with Gasteiger partial charge in [0.2, 0.25) is 0 Å². The van der Waals surface area contributed by atoms with Crippen molar-refractivity contribution in [1.29, 1.82) is 0 Å². The van der Waals surface area contributed by atoms with Gasteiger partial charge in [0, 0.05) is 25.0 Å². The van der Waals surface area contributed by atoms with Crippen LogP contribution >= 0.6 is 0 Å². The summed E-state index contributed by atoms with van der Waals surface area (Å²) in [5, 5.41) is 6.23. The summed E-state index contributed by atoms with van der Waals surface area (Å²) in [5.41, 5.74) is 0. The SMILES string of the molecule is C[C@H]1CNC=CN1. The van der Waals surface area contributed by atoms with E-state index in [1.54, 1.807) is 0 Å². The molecule has 2 nitrogen and oxygen atoms in total. The van der Waals surface area contributed by atoms with E-state index in [1.165, 1.54) is 0 Å². The lowest BCUT2D eigenvalue weighted by Gasteiger charge is -2.15. The number of hydrogen-bond acceptors (Lipinski definition) is 2. The van der Waals surface area contributed by atoms with Crippen LogP contribution in [0, 0.1) is 0 Å². The van der Waals surface area contributed by atoms with Crippen LogP contribution in [0.5, 0.6) is 0 Å². The maximum absolute atomic E-state index is 3.14. The lowest BCUT2D eigenvalue weighted by molar-refractivity contribution is 0.578. The Morgan fingerprint density at radius 2 is 2.43 bits per heavy atom. The molecule has 0 amide bonds. The van der Waals surface area contributed by atoms with Crippen LogP contribution in [-0.2, 0) is 0 Å². The third-order valence-corrected chi connectivity index (χ3v) is 1.01.